The Labute approximate surface area is 102 Å². The number of nitrogens with zero attached hydrogens (tertiary/aromatic N) is 2. The summed E-state index contributed by atoms with van der Waals surface area (Å²) in [6.07, 6.45) is 2.33. The zero-order valence-electron chi connectivity index (χ0n) is 11.0. The van der Waals surface area contributed by atoms with Crippen molar-refractivity contribution in [2.45, 2.75) is 45.7 Å². The normalized spacial score (nSPS) is 16.8. The van der Waals surface area contributed by atoms with E-state index >= 15 is 0 Å². The second-order valence-electron chi connectivity index (χ2n) is 5.09. The molecule has 0 aromatic carbocycles. The van der Waals surface area contributed by atoms with Gasteiger partial charge in [-0.25, -0.2) is 4.79 Å². The Kier molecular flexibility index (Phi) is 4.37. The number of hydrogen-bond acceptors (Lipinski definition) is 2. The van der Waals surface area contributed by atoms with Gasteiger partial charge in [-0.3, -0.25) is 4.79 Å². The Morgan fingerprint density at radius 2 is 1.82 bits per heavy atom. The van der Waals surface area contributed by atoms with Gasteiger partial charge in [0, 0.05) is 19.1 Å². The fraction of sp³-hybridized carbons (Fsp3) is 0.833. The number of rotatable bonds is 5. The number of carbonyl (C=O) groups is 2. The molecular weight excluding hydrogens is 220 g/mol. The lowest BCUT2D eigenvalue weighted by Crippen LogP contribution is -2.50. The van der Waals surface area contributed by atoms with Crippen molar-refractivity contribution in [1.29, 1.82) is 0 Å². The van der Waals surface area contributed by atoms with Crippen LogP contribution < -0.4 is 0 Å². The molecule has 0 heterocycles. The molecule has 1 N–H and O–H groups in total. The van der Waals surface area contributed by atoms with Crippen LogP contribution in [0.5, 0.6) is 0 Å². The third kappa shape index (κ3) is 3.61. The van der Waals surface area contributed by atoms with E-state index < -0.39 is 5.97 Å². The summed E-state index contributed by atoms with van der Waals surface area (Å²) in [6, 6.07) is -0.105. The highest BCUT2D eigenvalue weighted by Gasteiger charge is 2.34. The molecule has 0 spiro atoms. The quantitative estimate of drug-likeness (QED) is 0.797. The average molecular weight is 242 g/mol. The summed E-state index contributed by atoms with van der Waals surface area (Å²) in [5.74, 6) is -0.387. The first-order valence-electron chi connectivity index (χ1n) is 6.09. The van der Waals surface area contributed by atoms with Gasteiger partial charge >= 0.3 is 12.0 Å². The van der Waals surface area contributed by atoms with E-state index in [2.05, 4.69) is 0 Å². The predicted octanol–water partition coefficient (Wildman–Crippen LogP) is 1.63. The SMILES string of the molecule is CC(C1CC1)N(C)C(=O)N(CC(=O)O)C(C)C. The summed E-state index contributed by atoms with van der Waals surface area (Å²) >= 11 is 0. The lowest BCUT2D eigenvalue weighted by molar-refractivity contribution is -0.138. The van der Waals surface area contributed by atoms with Gasteiger partial charge in [0.15, 0.2) is 0 Å². The minimum atomic E-state index is -0.973. The molecule has 2 amide bonds. The number of aliphatic carboxylic acids is 1. The molecular formula is C12H22N2O3. The minimum Gasteiger partial charge on any atom is -0.480 e. The van der Waals surface area contributed by atoms with Crippen LogP contribution in [0.25, 0.3) is 0 Å². The highest BCUT2D eigenvalue weighted by molar-refractivity contribution is 5.80. The molecule has 1 unspecified atom stereocenters. The van der Waals surface area contributed by atoms with Crippen molar-refractivity contribution in [3.8, 4) is 0 Å². The molecule has 0 bridgehead atoms. The first-order chi connectivity index (χ1) is 7.84. The molecule has 98 valence electrons. The van der Waals surface area contributed by atoms with E-state index in [0.717, 1.165) is 0 Å². The first-order valence-corrected chi connectivity index (χ1v) is 6.09. The zero-order chi connectivity index (χ0) is 13.2. The van der Waals surface area contributed by atoms with E-state index in [-0.39, 0.29) is 24.7 Å². The number of urea groups is 1. The second-order valence-corrected chi connectivity index (χ2v) is 5.09. The lowest BCUT2D eigenvalue weighted by Gasteiger charge is -2.33. The third-order valence-electron chi connectivity index (χ3n) is 3.39. The summed E-state index contributed by atoms with van der Waals surface area (Å²) in [7, 11) is 1.75. The molecule has 0 aromatic heterocycles. The van der Waals surface area contributed by atoms with Gasteiger partial charge in [-0.2, -0.15) is 0 Å². The van der Waals surface area contributed by atoms with Crippen molar-refractivity contribution in [2.75, 3.05) is 13.6 Å². The molecule has 5 heteroatoms. The molecule has 1 aliphatic carbocycles. The van der Waals surface area contributed by atoms with Crippen molar-refractivity contribution in [2.24, 2.45) is 5.92 Å². The van der Waals surface area contributed by atoms with Crippen LogP contribution in [0, 0.1) is 5.92 Å². The summed E-state index contributed by atoms with van der Waals surface area (Å²) in [5.41, 5.74) is 0. The maximum absolute atomic E-state index is 12.2. The van der Waals surface area contributed by atoms with Gasteiger partial charge in [0.2, 0.25) is 0 Å². The molecule has 1 rings (SSSR count). The van der Waals surface area contributed by atoms with Crippen LogP contribution in [-0.2, 0) is 4.79 Å². The third-order valence-corrected chi connectivity index (χ3v) is 3.39. The Morgan fingerprint density at radius 3 is 2.18 bits per heavy atom. The molecule has 5 nitrogen and oxygen atoms in total. The zero-order valence-corrected chi connectivity index (χ0v) is 11.0. The number of carboxylic acid groups (broad SMARTS) is 1. The van der Waals surface area contributed by atoms with Gasteiger partial charge in [-0.05, 0) is 39.5 Å². The van der Waals surface area contributed by atoms with Gasteiger partial charge in [0.1, 0.15) is 6.54 Å². The number of amides is 2. The van der Waals surface area contributed by atoms with Crippen molar-refractivity contribution in [3.05, 3.63) is 0 Å². The van der Waals surface area contributed by atoms with Crippen LogP contribution in [0.15, 0.2) is 0 Å². The van der Waals surface area contributed by atoms with Crippen LogP contribution in [0.2, 0.25) is 0 Å². The molecule has 0 aliphatic heterocycles. The largest absolute Gasteiger partial charge is 0.480 e. The summed E-state index contributed by atoms with van der Waals surface area (Å²) < 4.78 is 0. The van der Waals surface area contributed by atoms with Gasteiger partial charge in [0.05, 0.1) is 0 Å². The molecule has 1 saturated carbocycles. The smallest absolute Gasteiger partial charge is 0.323 e. The Bertz CT molecular complexity index is 300. The molecule has 1 aliphatic rings. The molecule has 1 fully saturated rings. The lowest BCUT2D eigenvalue weighted by atomic mass is 10.2. The number of carbonyl (C=O) groups excluding carboxylic acids is 1. The Morgan fingerprint density at radius 1 is 1.29 bits per heavy atom. The standard InChI is InChI=1S/C12H22N2O3/c1-8(2)14(7-11(15)16)12(17)13(4)9(3)10-5-6-10/h8-10H,5-7H2,1-4H3,(H,15,16). The van der Waals surface area contributed by atoms with Crippen LogP contribution in [-0.4, -0.2) is 52.6 Å². The van der Waals surface area contributed by atoms with Gasteiger partial charge in [0.25, 0.3) is 0 Å². The highest BCUT2D eigenvalue weighted by atomic mass is 16.4. The van der Waals surface area contributed by atoms with E-state index in [1.165, 1.54) is 17.7 Å². The van der Waals surface area contributed by atoms with Crippen molar-refractivity contribution in [1.82, 2.24) is 9.80 Å². The van der Waals surface area contributed by atoms with E-state index in [1.807, 2.05) is 20.8 Å². The minimum absolute atomic E-state index is 0.104. The maximum Gasteiger partial charge on any atom is 0.323 e. The summed E-state index contributed by atoms with van der Waals surface area (Å²) in [4.78, 5) is 26.0. The van der Waals surface area contributed by atoms with Crippen LogP contribution in [0.4, 0.5) is 4.79 Å². The molecule has 0 radical (unpaired) electrons. The van der Waals surface area contributed by atoms with Crippen molar-refractivity contribution < 1.29 is 14.7 Å². The summed E-state index contributed by atoms with van der Waals surface area (Å²) in [6.45, 7) is 5.44. The average Bonchev–Trinajstić information content (AvgIpc) is 3.05. The number of carboxylic acids is 1. The molecule has 1 atom stereocenters. The van der Waals surface area contributed by atoms with Gasteiger partial charge < -0.3 is 14.9 Å². The second kappa shape index (κ2) is 5.38. The van der Waals surface area contributed by atoms with E-state index in [0.29, 0.717) is 5.92 Å². The molecule has 0 saturated heterocycles. The van der Waals surface area contributed by atoms with Gasteiger partial charge in [-0.1, -0.05) is 0 Å². The van der Waals surface area contributed by atoms with Crippen molar-refractivity contribution >= 4 is 12.0 Å². The Balaban J connectivity index is 2.65. The van der Waals surface area contributed by atoms with Crippen LogP contribution >= 0.6 is 0 Å². The molecule has 0 aromatic rings. The fourth-order valence-electron chi connectivity index (χ4n) is 1.89. The predicted molar refractivity (Wildman–Crippen MR) is 64.8 cm³/mol. The number of hydrogen-bond donors (Lipinski definition) is 1. The first kappa shape index (κ1) is 13.8. The monoisotopic (exact) mass is 242 g/mol. The van der Waals surface area contributed by atoms with Crippen LogP contribution in [0.3, 0.4) is 0 Å². The van der Waals surface area contributed by atoms with E-state index in [1.54, 1.807) is 11.9 Å². The Hall–Kier alpha value is -1.26. The fourth-order valence-corrected chi connectivity index (χ4v) is 1.89. The van der Waals surface area contributed by atoms with Crippen LogP contribution in [0.1, 0.15) is 33.6 Å². The van der Waals surface area contributed by atoms with Gasteiger partial charge in [-0.15, -0.1) is 0 Å². The van der Waals surface area contributed by atoms with Crippen molar-refractivity contribution in [3.63, 3.8) is 0 Å². The van der Waals surface area contributed by atoms with E-state index in [4.69, 9.17) is 5.11 Å². The topological polar surface area (TPSA) is 60.9 Å². The maximum atomic E-state index is 12.2. The van der Waals surface area contributed by atoms with E-state index in [9.17, 15) is 9.59 Å². The highest BCUT2D eigenvalue weighted by Crippen LogP contribution is 2.34. The molecule has 17 heavy (non-hydrogen) atoms. The summed E-state index contributed by atoms with van der Waals surface area (Å²) in [5, 5.41) is 8.81.